The summed E-state index contributed by atoms with van der Waals surface area (Å²) < 4.78 is 0. The molecule has 1 atom stereocenters. The molecule has 0 bridgehead atoms. The lowest BCUT2D eigenvalue weighted by atomic mass is 10.2. The minimum atomic E-state index is -1.27. The Morgan fingerprint density at radius 3 is 2.75 bits per heavy atom. The summed E-state index contributed by atoms with van der Waals surface area (Å²) in [6.45, 7) is 0. The summed E-state index contributed by atoms with van der Waals surface area (Å²) in [5.74, 6) is -1.23. The second-order valence-corrected chi connectivity index (χ2v) is 2.45. The van der Waals surface area contributed by atoms with Gasteiger partial charge in [-0.25, -0.2) is 0 Å². The number of hydrogen-bond acceptors (Lipinski definition) is 4. The molecule has 1 heterocycles. The lowest BCUT2D eigenvalue weighted by molar-refractivity contribution is -0.138. The van der Waals surface area contributed by atoms with E-state index in [1.807, 2.05) is 0 Å². The van der Waals surface area contributed by atoms with Crippen LogP contribution < -0.4 is 5.73 Å². The normalized spacial score (nSPS) is 12.8. The van der Waals surface area contributed by atoms with Crippen LogP contribution in [-0.4, -0.2) is 26.2 Å². The van der Waals surface area contributed by atoms with E-state index in [1.165, 1.54) is 0 Å². The van der Waals surface area contributed by atoms with Crippen molar-refractivity contribution in [3.05, 3.63) is 16.9 Å². The number of hydrogen-bond donors (Lipinski definition) is 3. The van der Waals surface area contributed by atoms with Crippen molar-refractivity contribution < 1.29 is 15.1 Å². The SMILES string of the molecule is NC(C(=O)O)c1cnn(O)c1Cl. The predicted molar refractivity (Wildman–Crippen MR) is 39.0 cm³/mol. The summed E-state index contributed by atoms with van der Waals surface area (Å²) in [4.78, 5) is 10.7. The van der Waals surface area contributed by atoms with Crippen molar-refractivity contribution in [3.8, 4) is 0 Å². The maximum Gasteiger partial charge on any atom is 0.325 e. The van der Waals surface area contributed by atoms with Gasteiger partial charge >= 0.3 is 5.97 Å². The van der Waals surface area contributed by atoms with Crippen molar-refractivity contribution in [1.29, 1.82) is 0 Å². The maximum absolute atomic E-state index is 10.4. The molecule has 0 spiro atoms. The molecule has 4 N–H and O–H groups in total. The third-order valence-electron chi connectivity index (χ3n) is 1.32. The molecule has 6 nitrogen and oxygen atoms in total. The molecule has 1 aromatic heterocycles. The number of aromatic nitrogens is 2. The second kappa shape index (κ2) is 3.00. The van der Waals surface area contributed by atoms with Crippen LogP contribution in [0.5, 0.6) is 0 Å². The number of halogens is 1. The maximum atomic E-state index is 10.4. The van der Waals surface area contributed by atoms with Gasteiger partial charge < -0.3 is 16.0 Å². The molecule has 12 heavy (non-hydrogen) atoms. The molecular weight excluding hydrogens is 186 g/mol. The molecule has 1 rings (SSSR count). The lowest BCUT2D eigenvalue weighted by Gasteiger charge is -2.02. The summed E-state index contributed by atoms with van der Waals surface area (Å²) >= 11 is 5.45. The summed E-state index contributed by atoms with van der Waals surface area (Å²) in [5, 5.41) is 20.4. The van der Waals surface area contributed by atoms with Gasteiger partial charge in [0, 0.05) is 5.56 Å². The molecular formula is C5H6ClN3O3. The minimum Gasteiger partial charge on any atom is -0.480 e. The van der Waals surface area contributed by atoms with Crippen LogP contribution in [0.1, 0.15) is 11.6 Å². The van der Waals surface area contributed by atoms with Crippen LogP contribution >= 0.6 is 11.6 Å². The fraction of sp³-hybridized carbons (Fsp3) is 0.200. The van der Waals surface area contributed by atoms with E-state index in [0.29, 0.717) is 4.85 Å². The Morgan fingerprint density at radius 2 is 2.42 bits per heavy atom. The quantitative estimate of drug-likeness (QED) is 0.565. The Labute approximate surface area is 72.1 Å². The fourth-order valence-corrected chi connectivity index (χ4v) is 0.888. The second-order valence-electron chi connectivity index (χ2n) is 2.10. The first-order valence-corrected chi connectivity index (χ1v) is 3.33. The van der Waals surface area contributed by atoms with Crippen LogP contribution in [0.3, 0.4) is 0 Å². The molecule has 0 aliphatic carbocycles. The molecule has 1 unspecified atom stereocenters. The minimum absolute atomic E-state index is 0.0756. The van der Waals surface area contributed by atoms with Crippen LogP contribution in [0.25, 0.3) is 0 Å². The number of nitrogens with two attached hydrogens (primary N) is 1. The molecule has 66 valence electrons. The van der Waals surface area contributed by atoms with E-state index < -0.39 is 12.0 Å². The number of aliphatic carboxylic acids is 1. The van der Waals surface area contributed by atoms with Gasteiger partial charge in [-0.2, -0.15) is 0 Å². The summed E-state index contributed by atoms with van der Waals surface area (Å²) in [6.07, 6.45) is 1.10. The highest BCUT2D eigenvalue weighted by atomic mass is 35.5. The average molecular weight is 192 g/mol. The predicted octanol–water partition coefficient (Wildman–Crippen LogP) is -0.142. The van der Waals surface area contributed by atoms with Gasteiger partial charge in [-0.1, -0.05) is 16.4 Å². The van der Waals surface area contributed by atoms with Gasteiger partial charge in [0.2, 0.25) is 0 Å². The highest BCUT2D eigenvalue weighted by Gasteiger charge is 2.20. The van der Waals surface area contributed by atoms with E-state index in [4.69, 9.17) is 27.6 Å². The number of nitrogens with zero attached hydrogens (tertiary/aromatic N) is 2. The number of carboxylic acids is 1. The molecule has 7 heteroatoms. The summed E-state index contributed by atoms with van der Waals surface area (Å²) in [5.41, 5.74) is 5.28. The third-order valence-corrected chi connectivity index (χ3v) is 1.69. The first-order valence-electron chi connectivity index (χ1n) is 2.95. The van der Waals surface area contributed by atoms with Crippen LogP contribution in [0, 0.1) is 0 Å². The van der Waals surface area contributed by atoms with E-state index in [2.05, 4.69) is 5.10 Å². The first kappa shape index (κ1) is 8.82. The van der Waals surface area contributed by atoms with Gasteiger partial charge in [-0.15, -0.1) is 5.10 Å². The Hall–Kier alpha value is -1.27. The zero-order valence-electron chi connectivity index (χ0n) is 5.81. The summed E-state index contributed by atoms with van der Waals surface area (Å²) in [6, 6.07) is -1.27. The topological polar surface area (TPSA) is 101 Å². The van der Waals surface area contributed by atoms with E-state index in [1.54, 1.807) is 0 Å². The summed E-state index contributed by atoms with van der Waals surface area (Å²) in [7, 11) is 0. The monoisotopic (exact) mass is 191 g/mol. The van der Waals surface area contributed by atoms with Crippen LogP contribution in [-0.2, 0) is 4.79 Å². The van der Waals surface area contributed by atoms with Gasteiger partial charge in [0.15, 0.2) is 5.15 Å². The number of rotatable bonds is 2. The molecule has 0 fully saturated rings. The first-order chi connectivity index (χ1) is 5.54. The van der Waals surface area contributed by atoms with Crippen molar-refractivity contribution in [2.75, 3.05) is 0 Å². The van der Waals surface area contributed by atoms with Crippen LogP contribution in [0.2, 0.25) is 5.15 Å². The van der Waals surface area contributed by atoms with Crippen LogP contribution in [0.15, 0.2) is 6.20 Å². The van der Waals surface area contributed by atoms with E-state index >= 15 is 0 Å². The van der Waals surface area contributed by atoms with Crippen molar-refractivity contribution in [1.82, 2.24) is 9.94 Å². The number of carbonyl (C=O) groups is 1. The third kappa shape index (κ3) is 1.34. The van der Waals surface area contributed by atoms with Gasteiger partial charge in [-0.3, -0.25) is 4.79 Å². The average Bonchev–Trinajstić information content (AvgIpc) is 2.32. The largest absolute Gasteiger partial charge is 0.480 e. The van der Waals surface area contributed by atoms with Crippen molar-refractivity contribution >= 4 is 17.6 Å². The Morgan fingerprint density at radius 1 is 1.83 bits per heavy atom. The molecule has 0 aromatic carbocycles. The van der Waals surface area contributed by atoms with Gasteiger partial charge in [0.05, 0.1) is 6.20 Å². The molecule has 0 radical (unpaired) electrons. The Balaban J connectivity index is 3.03. The fourth-order valence-electron chi connectivity index (χ4n) is 0.678. The molecule has 0 amide bonds. The molecule has 0 saturated heterocycles. The van der Waals surface area contributed by atoms with Crippen molar-refractivity contribution in [2.24, 2.45) is 5.73 Å². The van der Waals surface area contributed by atoms with Gasteiger partial charge in [-0.05, 0) is 0 Å². The molecule has 0 aliphatic rings. The van der Waals surface area contributed by atoms with Gasteiger partial charge in [0.25, 0.3) is 0 Å². The van der Waals surface area contributed by atoms with E-state index in [9.17, 15) is 4.79 Å². The Bertz CT molecular complexity index is 311. The zero-order chi connectivity index (χ0) is 9.30. The smallest absolute Gasteiger partial charge is 0.325 e. The standard InChI is InChI=1S/C5H6ClN3O3/c6-4-2(1-8-9(4)12)3(7)5(10)11/h1,3,12H,7H2,(H,10,11). The molecule has 1 aromatic rings. The zero-order valence-corrected chi connectivity index (χ0v) is 6.56. The lowest BCUT2D eigenvalue weighted by Crippen LogP contribution is -2.20. The van der Waals surface area contributed by atoms with Crippen molar-refractivity contribution in [2.45, 2.75) is 6.04 Å². The molecule has 0 saturated carbocycles. The highest BCUT2D eigenvalue weighted by molar-refractivity contribution is 6.30. The van der Waals surface area contributed by atoms with Gasteiger partial charge in [0.1, 0.15) is 6.04 Å². The molecule has 0 aliphatic heterocycles. The van der Waals surface area contributed by atoms with E-state index in [0.717, 1.165) is 6.20 Å². The number of carboxylic acid groups (broad SMARTS) is 1. The van der Waals surface area contributed by atoms with Crippen LogP contribution in [0.4, 0.5) is 0 Å². The van der Waals surface area contributed by atoms with Crippen molar-refractivity contribution in [3.63, 3.8) is 0 Å². The highest BCUT2D eigenvalue weighted by Crippen LogP contribution is 2.19. The Kier molecular flexibility index (Phi) is 2.20. The van der Waals surface area contributed by atoms with E-state index in [-0.39, 0.29) is 10.7 Å².